The first kappa shape index (κ1) is 13.5. The highest BCUT2D eigenvalue weighted by molar-refractivity contribution is 7.89. The first-order valence-electron chi connectivity index (χ1n) is 6.28. The lowest BCUT2D eigenvalue weighted by Gasteiger charge is -2.33. The molecule has 2 N–H and O–H groups in total. The molecule has 1 saturated carbocycles. The number of hydrogen-bond donors (Lipinski definition) is 2. The van der Waals surface area contributed by atoms with Gasteiger partial charge >= 0.3 is 0 Å². The van der Waals surface area contributed by atoms with Gasteiger partial charge in [-0.25, -0.2) is 13.1 Å². The van der Waals surface area contributed by atoms with Crippen LogP contribution in [0.1, 0.15) is 25.3 Å². The van der Waals surface area contributed by atoms with Gasteiger partial charge in [0.15, 0.2) is 0 Å². The standard InChI is InChI=1S/C13H20N2O2S/c1-10-7-12(8-10)15-18(16,17)13-6-4-3-5-11(13)9-14-2/h3-6,10,12,14-15H,7-9H2,1-2H3. The average molecular weight is 268 g/mol. The van der Waals surface area contributed by atoms with E-state index in [2.05, 4.69) is 17.0 Å². The van der Waals surface area contributed by atoms with Gasteiger partial charge in [-0.2, -0.15) is 0 Å². The molecule has 0 aliphatic heterocycles. The summed E-state index contributed by atoms with van der Waals surface area (Å²) in [6.45, 7) is 2.69. The fourth-order valence-electron chi connectivity index (χ4n) is 2.38. The van der Waals surface area contributed by atoms with Crippen LogP contribution in [0.2, 0.25) is 0 Å². The molecule has 100 valence electrons. The van der Waals surface area contributed by atoms with Crippen LogP contribution >= 0.6 is 0 Å². The van der Waals surface area contributed by atoms with Crippen molar-refractivity contribution in [2.24, 2.45) is 5.92 Å². The summed E-state index contributed by atoms with van der Waals surface area (Å²) in [6, 6.07) is 7.23. The van der Waals surface area contributed by atoms with E-state index in [0.717, 1.165) is 18.4 Å². The SMILES string of the molecule is CNCc1ccccc1S(=O)(=O)NC1CC(C)C1. The Kier molecular flexibility index (Phi) is 4.04. The number of nitrogens with one attached hydrogen (secondary N) is 2. The van der Waals surface area contributed by atoms with Crippen LogP contribution in [0, 0.1) is 5.92 Å². The summed E-state index contributed by atoms with van der Waals surface area (Å²) in [5.74, 6) is 0.630. The van der Waals surface area contributed by atoms with Crippen LogP contribution in [0.5, 0.6) is 0 Å². The average Bonchev–Trinajstić information content (AvgIpc) is 2.28. The van der Waals surface area contributed by atoms with Gasteiger partial charge in [0.05, 0.1) is 4.90 Å². The molecule has 4 nitrogen and oxygen atoms in total. The van der Waals surface area contributed by atoms with E-state index in [1.807, 2.05) is 19.2 Å². The minimum atomic E-state index is -3.39. The van der Waals surface area contributed by atoms with Gasteiger partial charge in [0.25, 0.3) is 0 Å². The second-order valence-corrected chi connectivity index (χ2v) is 6.72. The van der Waals surface area contributed by atoms with Crippen molar-refractivity contribution in [2.75, 3.05) is 7.05 Å². The molecule has 0 radical (unpaired) electrons. The zero-order chi connectivity index (χ0) is 13.2. The Morgan fingerprint density at radius 2 is 1.94 bits per heavy atom. The predicted molar refractivity (Wildman–Crippen MR) is 71.7 cm³/mol. The lowest BCUT2D eigenvalue weighted by molar-refractivity contribution is 0.270. The monoisotopic (exact) mass is 268 g/mol. The predicted octanol–water partition coefficient (Wildman–Crippen LogP) is 1.48. The van der Waals surface area contributed by atoms with Crippen LogP contribution in [-0.4, -0.2) is 21.5 Å². The molecule has 0 aromatic heterocycles. The molecule has 0 spiro atoms. The number of benzene rings is 1. The Labute approximate surface area is 109 Å². The van der Waals surface area contributed by atoms with Crippen LogP contribution in [0.25, 0.3) is 0 Å². The Morgan fingerprint density at radius 1 is 1.28 bits per heavy atom. The normalized spacial score (nSPS) is 23.7. The van der Waals surface area contributed by atoms with E-state index in [4.69, 9.17) is 0 Å². The molecule has 0 saturated heterocycles. The molecular formula is C13H20N2O2S. The molecule has 1 fully saturated rings. The molecule has 1 aromatic rings. The molecule has 0 bridgehead atoms. The van der Waals surface area contributed by atoms with Gasteiger partial charge < -0.3 is 5.32 Å². The summed E-state index contributed by atoms with van der Waals surface area (Å²) < 4.78 is 27.4. The molecule has 2 rings (SSSR count). The van der Waals surface area contributed by atoms with Crippen molar-refractivity contribution in [3.8, 4) is 0 Å². The zero-order valence-electron chi connectivity index (χ0n) is 10.8. The van der Waals surface area contributed by atoms with Crippen molar-refractivity contribution >= 4 is 10.0 Å². The summed E-state index contributed by atoms with van der Waals surface area (Å²) >= 11 is 0. The van der Waals surface area contributed by atoms with E-state index >= 15 is 0 Å². The smallest absolute Gasteiger partial charge is 0.241 e. The van der Waals surface area contributed by atoms with Gasteiger partial charge in [-0.1, -0.05) is 25.1 Å². The second kappa shape index (κ2) is 5.38. The first-order chi connectivity index (χ1) is 8.53. The van der Waals surface area contributed by atoms with Crippen LogP contribution in [-0.2, 0) is 16.6 Å². The van der Waals surface area contributed by atoms with Crippen LogP contribution in [0.3, 0.4) is 0 Å². The van der Waals surface area contributed by atoms with Gasteiger partial charge in [-0.05, 0) is 37.4 Å². The third-order valence-electron chi connectivity index (χ3n) is 3.32. The van der Waals surface area contributed by atoms with Gasteiger partial charge in [0, 0.05) is 12.6 Å². The minimum Gasteiger partial charge on any atom is -0.316 e. The van der Waals surface area contributed by atoms with Gasteiger partial charge in [0.2, 0.25) is 10.0 Å². The maximum Gasteiger partial charge on any atom is 0.241 e. The Bertz CT molecular complexity index is 507. The fourth-order valence-corrected chi connectivity index (χ4v) is 3.89. The highest BCUT2D eigenvalue weighted by Crippen LogP contribution is 2.28. The molecule has 1 aliphatic carbocycles. The summed E-state index contributed by atoms with van der Waals surface area (Å²) in [6.07, 6.45) is 1.88. The summed E-state index contributed by atoms with van der Waals surface area (Å²) in [7, 11) is -1.58. The molecule has 0 heterocycles. The van der Waals surface area contributed by atoms with Gasteiger partial charge in [0.1, 0.15) is 0 Å². The summed E-state index contributed by atoms with van der Waals surface area (Å²) in [4.78, 5) is 0.388. The number of rotatable bonds is 5. The molecule has 0 amide bonds. The van der Waals surface area contributed by atoms with E-state index in [-0.39, 0.29) is 6.04 Å². The second-order valence-electron chi connectivity index (χ2n) is 5.03. The minimum absolute atomic E-state index is 0.104. The van der Waals surface area contributed by atoms with Crippen LogP contribution in [0.15, 0.2) is 29.2 Å². The lowest BCUT2D eigenvalue weighted by atomic mass is 9.83. The highest BCUT2D eigenvalue weighted by Gasteiger charge is 2.30. The maximum atomic E-state index is 12.3. The lowest BCUT2D eigenvalue weighted by Crippen LogP contribution is -2.43. The van der Waals surface area contributed by atoms with Crippen molar-refractivity contribution in [2.45, 2.75) is 37.2 Å². The molecule has 0 unspecified atom stereocenters. The third-order valence-corrected chi connectivity index (χ3v) is 4.95. The van der Waals surface area contributed by atoms with Gasteiger partial charge in [-0.15, -0.1) is 0 Å². The third kappa shape index (κ3) is 2.91. The largest absolute Gasteiger partial charge is 0.316 e. The van der Waals surface area contributed by atoms with E-state index in [1.54, 1.807) is 12.1 Å². The van der Waals surface area contributed by atoms with E-state index in [9.17, 15) is 8.42 Å². The van der Waals surface area contributed by atoms with Crippen molar-refractivity contribution in [1.82, 2.24) is 10.0 Å². The topological polar surface area (TPSA) is 58.2 Å². The molecule has 18 heavy (non-hydrogen) atoms. The summed E-state index contributed by atoms with van der Waals surface area (Å²) in [5, 5.41) is 2.99. The molecule has 0 atom stereocenters. The van der Waals surface area contributed by atoms with Crippen molar-refractivity contribution in [1.29, 1.82) is 0 Å². The van der Waals surface area contributed by atoms with E-state index < -0.39 is 10.0 Å². The first-order valence-corrected chi connectivity index (χ1v) is 7.76. The molecular weight excluding hydrogens is 248 g/mol. The van der Waals surface area contributed by atoms with E-state index in [1.165, 1.54) is 0 Å². The quantitative estimate of drug-likeness (QED) is 0.850. The van der Waals surface area contributed by atoms with Crippen molar-refractivity contribution < 1.29 is 8.42 Å². The van der Waals surface area contributed by atoms with Crippen molar-refractivity contribution in [3.05, 3.63) is 29.8 Å². The Hall–Kier alpha value is -0.910. The Balaban J connectivity index is 2.18. The number of hydrogen-bond acceptors (Lipinski definition) is 3. The zero-order valence-corrected chi connectivity index (χ0v) is 11.6. The fraction of sp³-hybridized carbons (Fsp3) is 0.538. The Morgan fingerprint density at radius 3 is 2.56 bits per heavy atom. The molecule has 1 aromatic carbocycles. The van der Waals surface area contributed by atoms with Gasteiger partial charge in [-0.3, -0.25) is 0 Å². The maximum absolute atomic E-state index is 12.3. The van der Waals surface area contributed by atoms with E-state index in [0.29, 0.717) is 17.4 Å². The molecule has 5 heteroatoms. The highest BCUT2D eigenvalue weighted by atomic mass is 32.2. The van der Waals surface area contributed by atoms with Crippen LogP contribution in [0.4, 0.5) is 0 Å². The number of sulfonamides is 1. The van der Waals surface area contributed by atoms with Crippen molar-refractivity contribution in [3.63, 3.8) is 0 Å². The van der Waals surface area contributed by atoms with Crippen LogP contribution < -0.4 is 10.0 Å². The summed E-state index contributed by atoms with van der Waals surface area (Å²) in [5.41, 5.74) is 0.805. The molecule has 1 aliphatic rings.